The maximum Gasteiger partial charge on any atom is 0.226 e. The molecule has 1 amide bonds. The number of sulfone groups is 1. The Labute approximate surface area is 95.4 Å². The van der Waals surface area contributed by atoms with Crippen molar-refractivity contribution >= 4 is 15.7 Å². The number of piperidine rings is 1. The van der Waals surface area contributed by atoms with Gasteiger partial charge in [0.1, 0.15) is 0 Å². The molecule has 2 aliphatic rings. The fraction of sp³-hybridized carbons (Fsp3) is 0.900. The average molecular weight is 247 g/mol. The number of hydrogen-bond donors (Lipinski definition) is 1. The largest absolute Gasteiger partial charge is 0.393 e. The summed E-state index contributed by atoms with van der Waals surface area (Å²) in [5, 5.41) is 9.32. The molecule has 0 aromatic rings. The van der Waals surface area contributed by atoms with Crippen LogP contribution in [0.15, 0.2) is 0 Å². The summed E-state index contributed by atoms with van der Waals surface area (Å²) in [4.78, 5) is 13.7. The highest BCUT2D eigenvalue weighted by atomic mass is 32.2. The molecule has 1 N–H and O–H groups in total. The monoisotopic (exact) mass is 247 g/mol. The SMILES string of the molecule is O=C(C1CCS(=O)(=O)C1)N1CCC(O)CC1. The first kappa shape index (κ1) is 11.9. The first-order chi connectivity index (χ1) is 7.48. The van der Waals surface area contributed by atoms with Gasteiger partial charge in [-0.2, -0.15) is 0 Å². The molecule has 0 radical (unpaired) electrons. The van der Waals surface area contributed by atoms with E-state index in [0.717, 1.165) is 0 Å². The van der Waals surface area contributed by atoms with Crippen LogP contribution in [0.2, 0.25) is 0 Å². The molecule has 2 fully saturated rings. The molecular formula is C10H17NO4S. The molecule has 2 heterocycles. The van der Waals surface area contributed by atoms with Gasteiger partial charge in [-0.05, 0) is 19.3 Å². The molecule has 2 aliphatic heterocycles. The van der Waals surface area contributed by atoms with Gasteiger partial charge in [-0.1, -0.05) is 0 Å². The highest BCUT2D eigenvalue weighted by Crippen LogP contribution is 2.22. The second-order valence-corrected chi connectivity index (χ2v) is 6.89. The predicted molar refractivity (Wildman–Crippen MR) is 58.6 cm³/mol. The fourth-order valence-electron chi connectivity index (χ4n) is 2.33. The van der Waals surface area contributed by atoms with Crippen LogP contribution in [-0.4, -0.2) is 55.0 Å². The number of carbonyl (C=O) groups excluding carboxylic acids is 1. The van der Waals surface area contributed by atoms with Crippen LogP contribution in [0.25, 0.3) is 0 Å². The Kier molecular flexibility index (Phi) is 3.21. The Morgan fingerprint density at radius 3 is 2.31 bits per heavy atom. The zero-order chi connectivity index (χ0) is 11.8. The van der Waals surface area contributed by atoms with E-state index in [1.807, 2.05) is 0 Å². The third-order valence-electron chi connectivity index (χ3n) is 3.36. The van der Waals surface area contributed by atoms with Crippen molar-refractivity contribution in [2.45, 2.75) is 25.4 Å². The zero-order valence-electron chi connectivity index (χ0n) is 9.13. The van der Waals surface area contributed by atoms with Crippen molar-refractivity contribution in [2.75, 3.05) is 24.6 Å². The lowest BCUT2D eigenvalue weighted by atomic mass is 10.0. The van der Waals surface area contributed by atoms with E-state index < -0.39 is 9.84 Å². The van der Waals surface area contributed by atoms with Gasteiger partial charge in [0, 0.05) is 13.1 Å². The second kappa shape index (κ2) is 4.33. The number of amides is 1. The third kappa shape index (κ3) is 2.55. The van der Waals surface area contributed by atoms with Crippen molar-refractivity contribution in [3.05, 3.63) is 0 Å². The summed E-state index contributed by atoms with van der Waals surface area (Å²) in [6, 6.07) is 0. The van der Waals surface area contributed by atoms with Crippen molar-refractivity contribution in [1.82, 2.24) is 4.90 Å². The van der Waals surface area contributed by atoms with Crippen LogP contribution in [0.1, 0.15) is 19.3 Å². The number of rotatable bonds is 1. The molecule has 1 atom stereocenters. The fourth-order valence-corrected chi connectivity index (χ4v) is 4.07. The van der Waals surface area contributed by atoms with Crippen LogP contribution >= 0.6 is 0 Å². The highest BCUT2D eigenvalue weighted by Gasteiger charge is 2.36. The van der Waals surface area contributed by atoms with Crippen LogP contribution in [0, 0.1) is 5.92 Å². The van der Waals surface area contributed by atoms with Gasteiger partial charge in [-0.25, -0.2) is 8.42 Å². The Morgan fingerprint density at radius 2 is 1.81 bits per heavy atom. The van der Waals surface area contributed by atoms with E-state index in [1.54, 1.807) is 4.90 Å². The lowest BCUT2D eigenvalue weighted by molar-refractivity contribution is -0.136. The number of nitrogens with zero attached hydrogens (tertiary/aromatic N) is 1. The molecule has 2 rings (SSSR count). The maximum absolute atomic E-state index is 12.0. The number of carbonyl (C=O) groups is 1. The second-order valence-electron chi connectivity index (χ2n) is 4.66. The van der Waals surface area contributed by atoms with Crippen LogP contribution in [-0.2, 0) is 14.6 Å². The van der Waals surface area contributed by atoms with E-state index in [2.05, 4.69) is 0 Å². The minimum Gasteiger partial charge on any atom is -0.393 e. The molecule has 0 aromatic heterocycles. The van der Waals surface area contributed by atoms with E-state index in [1.165, 1.54) is 0 Å². The number of aliphatic hydroxyl groups is 1. The van der Waals surface area contributed by atoms with Gasteiger partial charge in [-0.15, -0.1) is 0 Å². The smallest absolute Gasteiger partial charge is 0.226 e. The lowest BCUT2D eigenvalue weighted by Gasteiger charge is -2.31. The average Bonchev–Trinajstić information content (AvgIpc) is 2.59. The molecule has 92 valence electrons. The lowest BCUT2D eigenvalue weighted by Crippen LogP contribution is -2.43. The van der Waals surface area contributed by atoms with Gasteiger partial charge < -0.3 is 10.0 Å². The summed E-state index contributed by atoms with van der Waals surface area (Å²) in [5.41, 5.74) is 0. The van der Waals surface area contributed by atoms with Crippen LogP contribution in [0.3, 0.4) is 0 Å². The quantitative estimate of drug-likeness (QED) is 0.671. The Morgan fingerprint density at radius 1 is 1.19 bits per heavy atom. The van der Waals surface area contributed by atoms with Crippen molar-refractivity contribution in [3.63, 3.8) is 0 Å². The Balaban J connectivity index is 1.93. The molecule has 6 heteroatoms. The molecule has 0 spiro atoms. The molecule has 1 unspecified atom stereocenters. The van der Waals surface area contributed by atoms with Gasteiger partial charge in [0.05, 0.1) is 23.5 Å². The third-order valence-corrected chi connectivity index (χ3v) is 5.13. The van der Waals surface area contributed by atoms with Crippen molar-refractivity contribution in [2.24, 2.45) is 5.92 Å². The topological polar surface area (TPSA) is 74.7 Å². The Bertz CT molecular complexity index is 370. The summed E-state index contributed by atoms with van der Waals surface area (Å²) in [7, 11) is -2.99. The van der Waals surface area contributed by atoms with Gasteiger partial charge in [-0.3, -0.25) is 4.79 Å². The number of aliphatic hydroxyl groups excluding tert-OH is 1. The van der Waals surface area contributed by atoms with Crippen LogP contribution in [0.5, 0.6) is 0 Å². The summed E-state index contributed by atoms with van der Waals surface area (Å²) < 4.78 is 22.5. The zero-order valence-corrected chi connectivity index (χ0v) is 9.95. The number of likely N-dealkylation sites (tertiary alicyclic amines) is 1. The first-order valence-electron chi connectivity index (χ1n) is 5.65. The molecule has 16 heavy (non-hydrogen) atoms. The van der Waals surface area contributed by atoms with Crippen molar-refractivity contribution in [1.29, 1.82) is 0 Å². The maximum atomic E-state index is 12.0. The van der Waals surface area contributed by atoms with Gasteiger partial charge in [0.25, 0.3) is 0 Å². The molecule has 2 saturated heterocycles. The standard InChI is InChI=1S/C10H17NO4S/c12-9-1-4-11(5-2-9)10(13)8-3-6-16(14,15)7-8/h8-9,12H,1-7H2. The molecule has 5 nitrogen and oxygen atoms in total. The molecule has 0 bridgehead atoms. The predicted octanol–water partition coefficient (Wildman–Crippen LogP) is -0.596. The van der Waals surface area contributed by atoms with Crippen molar-refractivity contribution in [3.8, 4) is 0 Å². The van der Waals surface area contributed by atoms with E-state index in [4.69, 9.17) is 0 Å². The Hall–Kier alpha value is -0.620. The minimum atomic E-state index is -2.99. The van der Waals surface area contributed by atoms with E-state index in [9.17, 15) is 18.3 Å². The summed E-state index contributed by atoms with van der Waals surface area (Å²) in [6.07, 6.45) is 1.35. The first-order valence-corrected chi connectivity index (χ1v) is 7.47. The van der Waals surface area contributed by atoms with Gasteiger partial charge in [0.2, 0.25) is 5.91 Å². The van der Waals surface area contributed by atoms with E-state index in [-0.39, 0.29) is 29.4 Å². The summed E-state index contributed by atoms with van der Waals surface area (Å²) in [5.74, 6) is -0.252. The molecular weight excluding hydrogens is 230 g/mol. The summed E-state index contributed by atoms with van der Waals surface area (Å²) in [6.45, 7) is 1.10. The molecule has 0 aliphatic carbocycles. The molecule has 0 saturated carbocycles. The van der Waals surface area contributed by atoms with Gasteiger partial charge >= 0.3 is 0 Å². The van der Waals surface area contributed by atoms with E-state index >= 15 is 0 Å². The normalized spacial score (nSPS) is 30.6. The van der Waals surface area contributed by atoms with Crippen molar-refractivity contribution < 1.29 is 18.3 Å². The van der Waals surface area contributed by atoms with Crippen LogP contribution < -0.4 is 0 Å². The highest BCUT2D eigenvalue weighted by molar-refractivity contribution is 7.91. The summed E-state index contributed by atoms with van der Waals surface area (Å²) >= 11 is 0. The number of hydrogen-bond acceptors (Lipinski definition) is 4. The minimum absolute atomic E-state index is 0.00485. The molecule has 0 aromatic carbocycles. The van der Waals surface area contributed by atoms with Crippen LogP contribution in [0.4, 0.5) is 0 Å². The van der Waals surface area contributed by atoms with E-state index in [0.29, 0.717) is 32.4 Å². The van der Waals surface area contributed by atoms with Gasteiger partial charge in [0.15, 0.2) is 9.84 Å².